The van der Waals surface area contributed by atoms with Gasteiger partial charge in [-0.15, -0.1) is 0 Å². The summed E-state index contributed by atoms with van der Waals surface area (Å²) in [6, 6.07) is 6.00. The van der Waals surface area contributed by atoms with E-state index in [1.54, 1.807) is 12.4 Å². The van der Waals surface area contributed by atoms with E-state index in [4.69, 9.17) is 4.65 Å². The fourth-order valence-corrected chi connectivity index (χ4v) is 1.86. The summed E-state index contributed by atoms with van der Waals surface area (Å²) in [7, 11) is 3.58. The molecule has 0 saturated carbocycles. The zero-order chi connectivity index (χ0) is 14.2. The van der Waals surface area contributed by atoms with E-state index in [0.717, 1.165) is 16.7 Å². The average molecular weight is 390 g/mol. The standard InChI is InChI=1S/C15H20BNO2.Cs/c1-10(2)15(3,4)19-16-12-7-6-11-8-14(18)17(5)13(11)9-12;/h6-7,9H,8H2,1-5H3;/q-1;+1. The van der Waals surface area contributed by atoms with Crippen molar-refractivity contribution in [3.05, 3.63) is 29.7 Å². The van der Waals surface area contributed by atoms with Gasteiger partial charge < -0.3 is 9.55 Å². The molecule has 1 aliphatic rings. The Kier molecular flexibility index (Phi) is 6.92. The molecular formula is C15H20BCsNO2. The first-order valence-electron chi connectivity index (χ1n) is 6.52. The Hall–Kier alpha value is 0.767. The Morgan fingerprint density at radius 3 is 2.60 bits per heavy atom. The smallest absolute Gasteiger partial charge is 0.460 e. The van der Waals surface area contributed by atoms with Crippen molar-refractivity contribution in [3.8, 4) is 0 Å². The molecule has 20 heavy (non-hydrogen) atoms. The normalized spacial score (nSPS) is 14.3. The second kappa shape index (κ2) is 7.35. The minimum absolute atomic E-state index is 0. The summed E-state index contributed by atoms with van der Waals surface area (Å²) in [5.41, 5.74) is 2.77. The second-order valence-electron chi connectivity index (χ2n) is 5.76. The maximum Gasteiger partial charge on any atom is 1.00 e. The molecule has 101 valence electrons. The van der Waals surface area contributed by atoms with Crippen LogP contribution in [0.1, 0.15) is 33.3 Å². The maximum absolute atomic E-state index is 11.6. The predicted molar refractivity (Wildman–Crippen MR) is 78.7 cm³/mol. The van der Waals surface area contributed by atoms with Gasteiger partial charge >= 0.3 is 76.4 Å². The number of amides is 1. The Labute approximate surface area is 181 Å². The number of benzene rings is 1. The third-order valence-electron chi connectivity index (χ3n) is 3.88. The van der Waals surface area contributed by atoms with Gasteiger partial charge in [0.2, 0.25) is 5.91 Å². The van der Waals surface area contributed by atoms with Crippen molar-refractivity contribution >= 4 is 24.5 Å². The van der Waals surface area contributed by atoms with Gasteiger partial charge in [0.25, 0.3) is 0 Å². The van der Waals surface area contributed by atoms with Crippen LogP contribution in [0.5, 0.6) is 0 Å². The molecule has 0 bridgehead atoms. The van der Waals surface area contributed by atoms with Gasteiger partial charge in [0.15, 0.2) is 0 Å². The monoisotopic (exact) mass is 390 g/mol. The van der Waals surface area contributed by atoms with Crippen LogP contribution in [-0.4, -0.2) is 26.0 Å². The molecule has 1 amide bonds. The summed E-state index contributed by atoms with van der Waals surface area (Å²) < 4.78 is 5.83. The van der Waals surface area contributed by atoms with Crippen molar-refractivity contribution in [2.75, 3.05) is 11.9 Å². The Bertz CT molecular complexity index is 503. The van der Waals surface area contributed by atoms with Gasteiger partial charge in [0.05, 0.1) is 6.42 Å². The Morgan fingerprint density at radius 2 is 2.00 bits per heavy atom. The molecule has 0 spiro atoms. The number of carbonyl (C=O) groups excluding carboxylic acids is 1. The van der Waals surface area contributed by atoms with Crippen LogP contribution in [0.2, 0.25) is 0 Å². The quantitative estimate of drug-likeness (QED) is 0.481. The fourth-order valence-electron chi connectivity index (χ4n) is 1.86. The Morgan fingerprint density at radius 1 is 1.35 bits per heavy atom. The maximum atomic E-state index is 11.6. The fraction of sp³-hybridized carbons (Fsp3) is 0.467. The summed E-state index contributed by atoms with van der Waals surface area (Å²) in [4.78, 5) is 13.3. The van der Waals surface area contributed by atoms with Crippen molar-refractivity contribution < 1.29 is 78.3 Å². The summed E-state index contributed by atoms with van der Waals surface area (Å²) >= 11 is 0. The van der Waals surface area contributed by atoms with E-state index in [-0.39, 0.29) is 80.4 Å². The average Bonchev–Trinajstić information content (AvgIpc) is 2.63. The minimum atomic E-state index is -0.277. The van der Waals surface area contributed by atoms with Crippen LogP contribution in [0, 0.1) is 5.92 Å². The number of rotatable bonds is 4. The molecule has 1 heterocycles. The van der Waals surface area contributed by atoms with E-state index < -0.39 is 0 Å². The van der Waals surface area contributed by atoms with Gasteiger partial charge in [0, 0.05) is 12.7 Å². The summed E-state index contributed by atoms with van der Waals surface area (Å²) in [6.45, 7) is 8.20. The van der Waals surface area contributed by atoms with Crippen molar-refractivity contribution in [1.82, 2.24) is 0 Å². The zero-order valence-electron chi connectivity index (χ0n) is 13.3. The van der Waals surface area contributed by atoms with Gasteiger partial charge in [-0.05, 0) is 11.6 Å². The summed E-state index contributed by atoms with van der Waals surface area (Å²) in [5.74, 6) is 1.36. The number of anilines is 1. The van der Waals surface area contributed by atoms with Gasteiger partial charge in [-0.2, -0.15) is 13.8 Å². The van der Waals surface area contributed by atoms with Crippen LogP contribution in [0.4, 0.5) is 5.69 Å². The zero-order valence-corrected chi connectivity index (χ0v) is 19.6. The number of fused-ring (bicyclic) bond motifs is 1. The first kappa shape index (κ1) is 18.8. The molecular weight excluding hydrogens is 370 g/mol. The third-order valence-corrected chi connectivity index (χ3v) is 3.88. The molecule has 0 unspecified atom stereocenters. The summed E-state index contributed by atoms with van der Waals surface area (Å²) in [6.07, 6.45) is 0.500. The van der Waals surface area contributed by atoms with E-state index in [1.807, 2.05) is 39.1 Å². The molecule has 1 radical (unpaired) electrons. The van der Waals surface area contributed by atoms with Crippen molar-refractivity contribution in [3.63, 3.8) is 0 Å². The van der Waals surface area contributed by atoms with Crippen LogP contribution < -0.4 is 79.3 Å². The van der Waals surface area contributed by atoms with Crippen molar-refractivity contribution in [2.24, 2.45) is 0 Å². The van der Waals surface area contributed by atoms with Crippen LogP contribution >= 0.6 is 0 Å². The Balaban J connectivity index is 0.00000200. The van der Waals surface area contributed by atoms with Crippen LogP contribution in [0.3, 0.4) is 0 Å². The molecule has 3 nitrogen and oxygen atoms in total. The molecule has 2 rings (SSSR count). The minimum Gasteiger partial charge on any atom is -0.460 e. The summed E-state index contributed by atoms with van der Waals surface area (Å²) in [5, 5.41) is 0. The van der Waals surface area contributed by atoms with E-state index in [0.29, 0.717) is 6.42 Å². The van der Waals surface area contributed by atoms with E-state index in [2.05, 4.69) is 13.8 Å². The predicted octanol–water partition coefficient (Wildman–Crippen LogP) is -1.14. The molecule has 1 aromatic rings. The topological polar surface area (TPSA) is 29.5 Å². The number of hydrogen-bond donors (Lipinski definition) is 0. The van der Waals surface area contributed by atoms with Crippen molar-refractivity contribution in [2.45, 2.75) is 39.7 Å². The molecule has 0 fully saturated rings. The van der Waals surface area contributed by atoms with Gasteiger partial charge in [-0.1, -0.05) is 37.0 Å². The first-order valence-corrected chi connectivity index (χ1v) is 6.52. The molecule has 0 atom stereocenters. The molecule has 0 saturated heterocycles. The van der Waals surface area contributed by atoms with Crippen molar-refractivity contribution in [1.29, 1.82) is 0 Å². The number of hydrogen-bond acceptors (Lipinski definition) is 2. The first-order chi connectivity index (χ1) is 8.81. The van der Waals surface area contributed by atoms with Gasteiger partial charge in [0.1, 0.15) is 0 Å². The van der Waals surface area contributed by atoms with Gasteiger partial charge in [-0.3, -0.25) is 10.7 Å². The second-order valence-corrected chi connectivity index (χ2v) is 5.76. The van der Waals surface area contributed by atoms with E-state index in [1.165, 1.54) is 5.92 Å². The molecule has 1 aromatic carbocycles. The SMILES string of the molecule is C[C-](C)C(C)(C)O[B]c1ccc2c(c1)N(C)C(=O)C2.[Cs+]. The molecule has 0 aromatic heterocycles. The largest absolute Gasteiger partial charge is 1.00 e. The number of likely N-dealkylation sites (N-methyl/N-ethyl adjacent to an activating group) is 1. The van der Waals surface area contributed by atoms with E-state index in [9.17, 15) is 4.79 Å². The number of carbonyl (C=O) groups is 1. The molecule has 0 aliphatic carbocycles. The molecule has 0 N–H and O–H groups in total. The molecule has 1 aliphatic heterocycles. The number of nitrogens with zero attached hydrogens (tertiary/aromatic N) is 1. The van der Waals surface area contributed by atoms with E-state index >= 15 is 0 Å². The molecule has 5 heteroatoms. The van der Waals surface area contributed by atoms with Gasteiger partial charge in [-0.25, -0.2) is 0 Å². The van der Waals surface area contributed by atoms with Crippen LogP contribution in [0.15, 0.2) is 18.2 Å². The van der Waals surface area contributed by atoms with Crippen LogP contribution in [-0.2, 0) is 15.9 Å². The third kappa shape index (κ3) is 4.15. The van der Waals surface area contributed by atoms with Crippen LogP contribution in [0.25, 0.3) is 0 Å².